The van der Waals surface area contributed by atoms with Gasteiger partial charge in [0, 0.05) is 6.54 Å². The van der Waals surface area contributed by atoms with Crippen LogP contribution in [0.3, 0.4) is 0 Å². The zero-order valence-electron chi connectivity index (χ0n) is 12.3. The van der Waals surface area contributed by atoms with Gasteiger partial charge in [0.15, 0.2) is 11.5 Å². The summed E-state index contributed by atoms with van der Waals surface area (Å²) in [6, 6.07) is 7.59. The van der Waals surface area contributed by atoms with E-state index in [-0.39, 0.29) is 12.0 Å². The van der Waals surface area contributed by atoms with Crippen molar-refractivity contribution >= 4 is 5.95 Å². The molecule has 0 bridgehead atoms. The first-order valence-corrected chi connectivity index (χ1v) is 6.61. The van der Waals surface area contributed by atoms with Crippen LogP contribution in [-0.4, -0.2) is 35.7 Å². The molecule has 7 nitrogen and oxygen atoms in total. The Bertz CT molecular complexity index is 592. The Balaban J connectivity index is 2.25. The maximum absolute atomic E-state index is 5.66. The molecule has 1 aromatic carbocycles. The molecule has 0 saturated carbocycles. The number of ether oxygens (including phenoxy) is 3. The van der Waals surface area contributed by atoms with E-state index in [4.69, 9.17) is 14.2 Å². The number of methoxy groups -OCH3 is 2. The molecule has 0 amide bonds. The molecule has 0 saturated heterocycles. The highest BCUT2D eigenvalue weighted by Crippen LogP contribution is 2.29. The molecule has 0 aliphatic rings. The molecule has 2 aromatic rings. The van der Waals surface area contributed by atoms with Crippen LogP contribution in [-0.2, 0) is 0 Å². The molecule has 112 valence electrons. The van der Waals surface area contributed by atoms with E-state index in [1.165, 1.54) is 7.11 Å². The third-order valence-corrected chi connectivity index (χ3v) is 2.58. The van der Waals surface area contributed by atoms with Crippen LogP contribution in [0.25, 0.3) is 0 Å². The van der Waals surface area contributed by atoms with Crippen LogP contribution in [0.4, 0.5) is 5.95 Å². The monoisotopic (exact) mass is 290 g/mol. The summed E-state index contributed by atoms with van der Waals surface area (Å²) >= 11 is 0. The quantitative estimate of drug-likeness (QED) is 0.839. The Hall–Kier alpha value is -2.57. The van der Waals surface area contributed by atoms with E-state index in [1.807, 2.05) is 12.1 Å². The van der Waals surface area contributed by atoms with Crippen LogP contribution in [0, 0.1) is 0 Å². The molecule has 0 radical (unpaired) electrons. The first-order chi connectivity index (χ1) is 10.3. The molecule has 0 aliphatic heterocycles. The smallest absolute Gasteiger partial charge is 0.330 e. The van der Waals surface area contributed by atoms with Crippen molar-refractivity contribution in [2.24, 2.45) is 0 Å². The largest absolute Gasteiger partial charge is 0.493 e. The van der Waals surface area contributed by atoms with Crippen LogP contribution in [0.2, 0.25) is 0 Å². The van der Waals surface area contributed by atoms with Gasteiger partial charge in [0.25, 0.3) is 0 Å². The molecule has 0 unspecified atom stereocenters. The Kier molecular flexibility index (Phi) is 5.14. The maximum atomic E-state index is 5.66. The lowest BCUT2D eigenvalue weighted by molar-refractivity contribution is 0.346. The van der Waals surface area contributed by atoms with Gasteiger partial charge >= 0.3 is 12.0 Å². The van der Waals surface area contributed by atoms with Crippen LogP contribution in [0.15, 0.2) is 24.3 Å². The second-order valence-electron chi connectivity index (χ2n) is 4.11. The molecular formula is C14H18N4O3. The molecule has 0 aliphatic carbocycles. The zero-order chi connectivity index (χ0) is 15.1. The van der Waals surface area contributed by atoms with Crippen LogP contribution in [0.1, 0.15) is 13.3 Å². The summed E-state index contributed by atoms with van der Waals surface area (Å²) in [5.74, 6) is 1.53. The number of nitrogens with zero attached hydrogens (tertiary/aromatic N) is 3. The minimum Gasteiger partial charge on any atom is -0.493 e. The average molecular weight is 290 g/mol. The van der Waals surface area contributed by atoms with E-state index in [0.29, 0.717) is 17.4 Å². The van der Waals surface area contributed by atoms with Gasteiger partial charge in [0.05, 0.1) is 14.2 Å². The Morgan fingerprint density at radius 3 is 2.33 bits per heavy atom. The third kappa shape index (κ3) is 3.95. The van der Waals surface area contributed by atoms with Crippen molar-refractivity contribution in [1.29, 1.82) is 0 Å². The lowest BCUT2D eigenvalue weighted by Gasteiger charge is -2.10. The Labute approximate surface area is 123 Å². The molecule has 21 heavy (non-hydrogen) atoms. The lowest BCUT2D eigenvalue weighted by Crippen LogP contribution is -2.07. The van der Waals surface area contributed by atoms with E-state index in [9.17, 15) is 0 Å². The second kappa shape index (κ2) is 7.28. The van der Waals surface area contributed by atoms with Gasteiger partial charge in [-0.3, -0.25) is 0 Å². The molecule has 0 fully saturated rings. The highest BCUT2D eigenvalue weighted by molar-refractivity contribution is 5.41. The Morgan fingerprint density at radius 1 is 0.952 bits per heavy atom. The number of rotatable bonds is 7. The van der Waals surface area contributed by atoms with Gasteiger partial charge < -0.3 is 19.5 Å². The van der Waals surface area contributed by atoms with Gasteiger partial charge in [-0.1, -0.05) is 19.1 Å². The minimum atomic E-state index is 0.143. The third-order valence-electron chi connectivity index (χ3n) is 2.58. The molecule has 7 heteroatoms. The molecule has 2 rings (SSSR count). The average Bonchev–Trinajstić information content (AvgIpc) is 2.53. The van der Waals surface area contributed by atoms with Crippen molar-refractivity contribution in [2.75, 3.05) is 26.1 Å². The molecule has 0 atom stereocenters. The van der Waals surface area contributed by atoms with Crippen molar-refractivity contribution in [3.8, 4) is 23.5 Å². The summed E-state index contributed by atoms with van der Waals surface area (Å²) in [5.41, 5.74) is 0. The first-order valence-electron chi connectivity index (χ1n) is 6.61. The first kappa shape index (κ1) is 14.8. The van der Waals surface area contributed by atoms with E-state index < -0.39 is 0 Å². The lowest BCUT2D eigenvalue weighted by atomic mass is 10.3. The minimum absolute atomic E-state index is 0.143. The van der Waals surface area contributed by atoms with Gasteiger partial charge in [-0.15, -0.1) is 4.98 Å². The van der Waals surface area contributed by atoms with E-state index >= 15 is 0 Å². The number of hydrogen-bond acceptors (Lipinski definition) is 7. The van der Waals surface area contributed by atoms with Gasteiger partial charge in [0.1, 0.15) is 0 Å². The normalized spacial score (nSPS) is 10.0. The number of nitrogens with one attached hydrogen (secondary N) is 1. The molecule has 0 spiro atoms. The SMILES string of the molecule is CCCNc1nc(OC)nc(Oc2ccccc2OC)n1. The van der Waals surface area contributed by atoms with Gasteiger partial charge in [-0.05, 0) is 18.6 Å². The zero-order valence-corrected chi connectivity index (χ0v) is 12.3. The van der Waals surface area contributed by atoms with Crippen molar-refractivity contribution in [1.82, 2.24) is 15.0 Å². The Morgan fingerprint density at radius 2 is 1.67 bits per heavy atom. The van der Waals surface area contributed by atoms with Crippen molar-refractivity contribution in [3.63, 3.8) is 0 Å². The van der Waals surface area contributed by atoms with Crippen LogP contribution in [0.5, 0.6) is 23.5 Å². The number of aromatic nitrogens is 3. The van der Waals surface area contributed by atoms with E-state index in [0.717, 1.165) is 13.0 Å². The van der Waals surface area contributed by atoms with Crippen molar-refractivity contribution < 1.29 is 14.2 Å². The fourth-order valence-electron chi connectivity index (χ4n) is 1.59. The summed E-state index contributed by atoms with van der Waals surface area (Å²) in [6.45, 7) is 2.80. The summed E-state index contributed by atoms with van der Waals surface area (Å²) in [5, 5.41) is 3.07. The summed E-state index contributed by atoms with van der Waals surface area (Å²) in [4.78, 5) is 12.4. The van der Waals surface area contributed by atoms with E-state index in [2.05, 4.69) is 27.2 Å². The van der Waals surface area contributed by atoms with Crippen LogP contribution < -0.4 is 19.5 Å². The highest BCUT2D eigenvalue weighted by Gasteiger charge is 2.11. The topological polar surface area (TPSA) is 78.4 Å². The van der Waals surface area contributed by atoms with E-state index in [1.54, 1.807) is 19.2 Å². The number of anilines is 1. The predicted octanol–water partition coefficient (Wildman–Crippen LogP) is 2.50. The number of hydrogen-bond donors (Lipinski definition) is 1. The summed E-state index contributed by atoms with van der Waals surface area (Å²) in [7, 11) is 3.07. The van der Waals surface area contributed by atoms with Gasteiger partial charge in [-0.2, -0.15) is 9.97 Å². The van der Waals surface area contributed by atoms with Gasteiger partial charge in [-0.25, -0.2) is 0 Å². The standard InChI is InChI=1S/C14H18N4O3/c1-4-9-15-12-16-13(20-3)18-14(17-12)21-11-8-6-5-7-10(11)19-2/h5-8H,4,9H2,1-3H3,(H,15,16,17,18). The van der Waals surface area contributed by atoms with Gasteiger partial charge in [0.2, 0.25) is 5.95 Å². The van der Waals surface area contributed by atoms with Crippen molar-refractivity contribution in [2.45, 2.75) is 13.3 Å². The molecule has 1 N–H and O–H groups in total. The fourth-order valence-corrected chi connectivity index (χ4v) is 1.59. The number of benzene rings is 1. The molecular weight excluding hydrogens is 272 g/mol. The second-order valence-corrected chi connectivity index (χ2v) is 4.11. The highest BCUT2D eigenvalue weighted by atomic mass is 16.5. The summed E-state index contributed by atoms with van der Waals surface area (Å²) in [6.07, 6.45) is 0.955. The number of para-hydroxylation sites is 2. The summed E-state index contributed by atoms with van der Waals surface area (Å²) < 4.78 is 15.9. The van der Waals surface area contributed by atoms with Crippen molar-refractivity contribution in [3.05, 3.63) is 24.3 Å². The fraction of sp³-hybridized carbons (Fsp3) is 0.357. The maximum Gasteiger partial charge on any atom is 0.330 e. The predicted molar refractivity (Wildman–Crippen MR) is 78.2 cm³/mol. The molecule has 1 aromatic heterocycles. The van der Waals surface area contributed by atoms with Crippen LogP contribution >= 0.6 is 0 Å². The molecule has 1 heterocycles.